The Morgan fingerprint density at radius 1 is 1.06 bits per heavy atom. The number of nitrogens with one attached hydrogen (secondary N) is 1. The number of amides is 1. The monoisotopic (exact) mass is 431 g/mol. The van der Waals surface area contributed by atoms with Crippen molar-refractivity contribution in [1.29, 1.82) is 0 Å². The lowest BCUT2D eigenvalue weighted by Crippen LogP contribution is -2.25. The predicted molar refractivity (Wildman–Crippen MR) is 123 cm³/mol. The molecule has 4 rings (SSSR count). The average molecular weight is 432 g/mol. The van der Waals surface area contributed by atoms with E-state index in [2.05, 4.69) is 16.0 Å². The summed E-state index contributed by atoms with van der Waals surface area (Å²) in [5.41, 5.74) is 3.64. The van der Waals surface area contributed by atoms with Crippen LogP contribution in [-0.2, 0) is 13.0 Å². The van der Waals surface area contributed by atoms with Gasteiger partial charge in [0, 0.05) is 18.5 Å². The number of ether oxygens (including phenoxy) is 1. The van der Waals surface area contributed by atoms with Gasteiger partial charge >= 0.3 is 0 Å². The van der Waals surface area contributed by atoms with Crippen LogP contribution in [0.5, 0.6) is 5.75 Å². The lowest BCUT2D eigenvalue weighted by atomic mass is 10.2. The minimum absolute atomic E-state index is 0.204. The number of rotatable bonds is 9. The molecule has 0 saturated carbocycles. The number of imidazole rings is 1. The first-order chi connectivity index (χ1) is 15.6. The number of carbonyl (C=O) groups is 1. The van der Waals surface area contributed by atoms with Gasteiger partial charge in [0.25, 0.3) is 5.91 Å². The molecule has 0 saturated heterocycles. The molecule has 0 fully saturated rings. The van der Waals surface area contributed by atoms with Crippen LogP contribution in [0.25, 0.3) is 11.0 Å². The zero-order valence-electron chi connectivity index (χ0n) is 18.1. The highest BCUT2D eigenvalue weighted by Gasteiger charge is 2.11. The molecule has 0 unspecified atom stereocenters. The van der Waals surface area contributed by atoms with Gasteiger partial charge in [-0.3, -0.25) is 4.79 Å². The quantitative estimate of drug-likeness (QED) is 0.383. The maximum absolute atomic E-state index is 13.0. The molecular weight excluding hydrogens is 405 g/mol. The Morgan fingerprint density at radius 2 is 1.88 bits per heavy atom. The fourth-order valence-electron chi connectivity index (χ4n) is 3.68. The smallest absolute Gasteiger partial charge is 0.251 e. The van der Waals surface area contributed by atoms with Crippen LogP contribution < -0.4 is 10.1 Å². The van der Waals surface area contributed by atoms with Crippen LogP contribution in [-0.4, -0.2) is 28.6 Å². The normalized spacial score (nSPS) is 10.9. The van der Waals surface area contributed by atoms with Gasteiger partial charge in [0.05, 0.1) is 17.6 Å². The molecule has 5 nitrogen and oxygen atoms in total. The van der Waals surface area contributed by atoms with Gasteiger partial charge < -0.3 is 14.6 Å². The second-order valence-corrected chi connectivity index (χ2v) is 7.70. The summed E-state index contributed by atoms with van der Waals surface area (Å²) in [4.78, 5) is 17.0. The van der Waals surface area contributed by atoms with E-state index in [1.54, 1.807) is 0 Å². The summed E-state index contributed by atoms with van der Waals surface area (Å²) in [5, 5.41) is 2.89. The fraction of sp³-hybridized carbons (Fsp3) is 0.231. The van der Waals surface area contributed by atoms with Crippen molar-refractivity contribution in [3.63, 3.8) is 0 Å². The summed E-state index contributed by atoms with van der Waals surface area (Å²) in [6.07, 6.45) is 1.47. The largest absolute Gasteiger partial charge is 0.492 e. The molecule has 4 aromatic rings. The van der Waals surface area contributed by atoms with Gasteiger partial charge in [-0.2, -0.15) is 0 Å². The molecular formula is C26H26FN3O2. The van der Waals surface area contributed by atoms with Gasteiger partial charge in [-0.05, 0) is 67.4 Å². The Bertz CT molecular complexity index is 1200. The Labute approximate surface area is 186 Å². The third-order valence-corrected chi connectivity index (χ3v) is 5.28. The molecule has 164 valence electrons. The third kappa shape index (κ3) is 5.32. The number of fused-ring (bicyclic) bond motifs is 1. The Kier molecular flexibility index (Phi) is 6.80. The molecule has 1 heterocycles. The van der Waals surface area contributed by atoms with Crippen molar-refractivity contribution >= 4 is 16.9 Å². The van der Waals surface area contributed by atoms with E-state index in [0.717, 1.165) is 35.4 Å². The molecule has 1 amide bonds. The van der Waals surface area contributed by atoms with Crippen LogP contribution >= 0.6 is 0 Å². The van der Waals surface area contributed by atoms with E-state index in [0.29, 0.717) is 25.3 Å². The number of nitrogens with zero attached hydrogens (tertiary/aromatic N) is 2. The van der Waals surface area contributed by atoms with Crippen molar-refractivity contribution < 1.29 is 13.9 Å². The molecule has 0 bridgehead atoms. The lowest BCUT2D eigenvalue weighted by molar-refractivity contribution is 0.0953. The number of aromatic nitrogens is 2. The van der Waals surface area contributed by atoms with Crippen molar-refractivity contribution in [2.75, 3.05) is 13.2 Å². The number of carbonyl (C=O) groups excluding carboxylic acids is 1. The summed E-state index contributed by atoms with van der Waals surface area (Å²) in [6, 6.07) is 21.6. The van der Waals surface area contributed by atoms with Crippen LogP contribution in [0.4, 0.5) is 4.39 Å². The zero-order chi connectivity index (χ0) is 22.3. The second kappa shape index (κ2) is 10.1. The summed E-state index contributed by atoms with van der Waals surface area (Å²) in [7, 11) is 0. The Hall–Kier alpha value is -3.67. The van der Waals surface area contributed by atoms with Gasteiger partial charge in [-0.15, -0.1) is 0 Å². The highest BCUT2D eigenvalue weighted by Crippen LogP contribution is 2.18. The molecule has 1 aromatic heterocycles. The van der Waals surface area contributed by atoms with Gasteiger partial charge in [-0.25, -0.2) is 9.37 Å². The first-order valence-corrected chi connectivity index (χ1v) is 10.8. The van der Waals surface area contributed by atoms with Crippen LogP contribution in [0, 0.1) is 12.7 Å². The summed E-state index contributed by atoms with van der Waals surface area (Å²) >= 11 is 0. The second-order valence-electron chi connectivity index (χ2n) is 7.70. The SMILES string of the molecule is Cc1cccc(OCCn2c(CCCNC(=O)c3ccc(F)cc3)nc3ccccc32)c1. The molecule has 6 heteroatoms. The first-order valence-electron chi connectivity index (χ1n) is 10.8. The van der Waals surface area contributed by atoms with Crippen molar-refractivity contribution in [1.82, 2.24) is 14.9 Å². The third-order valence-electron chi connectivity index (χ3n) is 5.28. The molecule has 0 spiro atoms. The van der Waals surface area contributed by atoms with Gasteiger partial charge in [0.1, 0.15) is 24.0 Å². The number of aryl methyl sites for hydroxylation is 2. The van der Waals surface area contributed by atoms with E-state index in [1.165, 1.54) is 29.8 Å². The van der Waals surface area contributed by atoms with E-state index in [-0.39, 0.29) is 11.7 Å². The molecule has 0 atom stereocenters. The number of hydrogen-bond donors (Lipinski definition) is 1. The molecule has 0 aliphatic carbocycles. The molecule has 32 heavy (non-hydrogen) atoms. The van der Waals surface area contributed by atoms with Crippen LogP contribution in [0.1, 0.15) is 28.2 Å². The Balaban J connectivity index is 1.36. The standard InChI is InChI=1S/C26H26FN3O2/c1-19-6-4-7-22(18-19)32-17-16-30-24-9-3-2-8-23(24)29-25(30)10-5-15-28-26(31)20-11-13-21(27)14-12-20/h2-4,6-9,11-14,18H,5,10,15-17H2,1H3,(H,28,31). The predicted octanol–water partition coefficient (Wildman–Crippen LogP) is 4.93. The molecule has 3 aromatic carbocycles. The Morgan fingerprint density at radius 3 is 2.69 bits per heavy atom. The van der Waals surface area contributed by atoms with Gasteiger partial charge in [-0.1, -0.05) is 24.3 Å². The van der Waals surface area contributed by atoms with Crippen molar-refractivity contribution in [2.24, 2.45) is 0 Å². The van der Waals surface area contributed by atoms with Crippen LogP contribution in [0.2, 0.25) is 0 Å². The number of halogens is 1. The highest BCUT2D eigenvalue weighted by molar-refractivity contribution is 5.94. The first kappa shape index (κ1) is 21.6. The zero-order valence-corrected chi connectivity index (χ0v) is 18.1. The van der Waals surface area contributed by atoms with Crippen molar-refractivity contribution in [3.05, 3.63) is 95.6 Å². The van der Waals surface area contributed by atoms with E-state index in [1.807, 2.05) is 49.4 Å². The molecule has 0 aliphatic heterocycles. The lowest BCUT2D eigenvalue weighted by Gasteiger charge is -2.11. The minimum Gasteiger partial charge on any atom is -0.492 e. The fourth-order valence-corrected chi connectivity index (χ4v) is 3.68. The topological polar surface area (TPSA) is 56.1 Å². The van der Waals surface area contributed by atoms with E-state index >= 15 is 0 Å². The number of benzene rings is 3. The van der Waals surface area contributed by atoms with Gasteiger partial charge in [0.15, 0.2) is 0 Å². The number of para-hydroxylation sites is 2. The van der Waals surface area contributed by atoms with Crippen molar-refractivity contribution in [2.45, 2.75) is 26.3 Å². The maximum Gasteiger partial charge on any atom is 0.251 e. The average Bonchev–Trinajstić information content (AvgIpc) is 3.14. The maximum atomic E-state index is 13.0. The van der Waals surface area contributed by atoms with E-state index in [9.17, 15) is 9.18 Å². The minimum atomic E-state index is -0.355. The van der Waals surface area contributed by atoms with Crippen LogP contribution in [0.3, 0.4) is 0 Å². The van der Waals surface area contributed by atoms with E-state index < -0.39 is 0 Å². The van der Waals surface area contributed by atoms with Crippen molar-refractivity contribution in [3.8, 4) is 5.75 Å². The van der Waals surface area contributed by atoms with Crippen LogP contribution in [0.15, 0.2) is 72.8 Å². The highest BCUT2D eigenvalue weighted by atomic mass is 19.1. The molecule has 0 radical (unpaired) electrons. The van der Waals surface area contributed by atoms with Gasteiger partial charge in [0.2, 0.25) is 0 Å². The summed E-state index contributed by atoms with van der Waals surface area (Å²) in [5.74, 6) is 1.27. The molecule has 0 aliphatic rings. The number of hydrogen-bond acceptors (Lipinski definition) is 3. The summed E-state index contributed by atoms with van der Waals surface area (Å²) < 4.78 is 21.2. The van der Waals surface area contributed by atoms with E-state index in [4.69, 9.17) is 9.72 Å². The molecule has 1 N–H and O–H groups in total. The summed E-state index contributed by atoms with van der Waals surface area (Å²) in [6.45, 7) is 3.78.